The molecular formula is C20H17N6O7S+. The summed E-state index contributed by atoms with van der Waals surface area (Å²) in [6, 6.07) is 4.24. The number of nitrogens with zero attached hydrogens (tertiary/aromatic N) is 4. The van der Waals surface area contributed by atoms with Gasteiger partial charge < -0.3 is 30.2 Å². The average Bonchev–Trinajstić information content (AvgIpc) is 3.47. The number of aromatic nitrogens is 2. The number of carbonyl (C=O) groups is 3. The van der Waals surface area contributed by atoms with Crippen molar-refractivity contribution in [1.29, 1.82) is 0 Å². The van der Waals surface area contributed by atoms with Gasteiger partial charge in [-0.15, -0.1) is 11.8 Å². The zero-order valence-corrected chi connectivity index (χ0v) is 18.1. The van der Waals surface area contributed by atoms with Crippen LogP contribution in [0, 0.1) is 0 Å². The second-order valence-corrected chi connectivity index (χ2v) is 8.56. The molecule has 0 bridgehead atoms. The molecule has 3 aromatic rings. The number of nitrogens with one attached hydrogen (secondary N) is 1. The molecule has 0 spiro atoms. The first kappa shape index (κ1) is 21.5. The van der Waals surface area contributed by atoms with Crippen LogP contribution < -0.4 is 15.6 Å². The van der Waals surface area contributed by atoms with Gasteiger partial charge in [0.25, 0.3) is 17.8 Å². The van der Waals surface area contributed by atoms with Gasteiger partial charge in [-0.25, -0.2) is 4.79 Å². The first-order valence-electron chi connectivity index (χ1n) is 9.89. The Hall–Kier alpha value is -4.33. The van der Waals surface area contributed by atoms with Crippen molar-refractivity contribution in [2.75, 3.05) is 11.5 Å². The van der Waals surface area contributed by atoms with Crippen LogP contribution in [0.25, 0.3) is 11.1 Å². The summed E-state index contributed by atoms with van der Waals surface area (Å²) < 4.78 is 12.1. The number of anilines is 1. The maximum absolute atomic E-state index is 12.9. The molecule has 1 saturated heterocycles. The highest BCUT2D eigenvalue weighted by molar-refractivity contribution is 8.00. The molecule has 34 heavy (non-hydrogen) atoms. The van der Waals surface area contributed by atoms with Gasteiger partial charge in [-0.05, 0) is 12.1 Å². The van der Waals surface area contributed by atoms with Crippen molar-refractivity contribution in [1.82, 2.24) is 15.2 Å². The number of aliphatic carboxylic acids is 1. The molecule has 1 unspecified atom stereocenters. The van der Waals surface area contributed by atoms with E-state index in [4.69, 9.17) is 14.6 Å². The second-order valence-electron chi connectivity index (χ2n) is 7.46. The van der Waals surface area contributed by atoms with Crippen molar-refractivity contribution in [3.05, 3.63) is 53.9 Å². The summed E-state index contributed by atoms with van der Waals surface area (Å²) in [5.74, 6) is -2.42. The lowest BCUT2D eigenvalue weighted by Crippen LogP contribution is -2.71. The number of oxazole rings is 1. The summed E-state index contributed by atoms with van der Waals surface area (Å²) in [4.78, 5) is 42.5. The van der Waals surface area contributed by atoms with Crippen LogP contribution in [-0.4, -0.2) is 60.9 Å². The molecule has 5 N–H and O–H groups in total. The number of β-lactam (4-membered cyclic amide) rings is 1. The molecule has 1 fully saturated rings. The first-order chi connectivity index (χ1) is 16.4. The van der Waals surface area contributed by atoms with E-state index >= 15 is 0 Å². The van der Waals surface area contributed by atoms with E-state index < -0.39 is 34.9 Å². The third-order valence-electron chi connectivity index (χ3n) is 5.45. The van der Waals surface area contributed by atoms with E-state index in [9.17, 15) is 24.7 Å². The normalized spacial score (nSPS) is 20.3. The number of nitrogen functional groups attached to an aromatic ring is 1. The zero-order chi connectivity index (χ0) is 24.0. The molecule has 0 radical (unpaired) electrons. The maximum Gasteiger partial charge on any atom is 0.380 e. The number of amides is 2. The van der Waals surface area contributed by atoms with E-state index in [1.165, 1.54) is 11.8 Å². The van der Waals surface area contributed by atoms with Crippen molar-refractivity contribution in [3.63, 3.8) is 0 Å². The molecule has 2 atom stereocenters. The second kappa shape index (κ2) is 8.22. The number of hydrogen-bond acceptors (Lipinski definition) is 10. The highest BCUT2D eigenvalue weighted by atomic mass is 32.2. The van der Waals surface area contributed by atoms with Crippen molar-refractivity contribution >= 4 is 52.4 Å². The fourth-order valence-corrected chi connectivity index (χ4v) is 5.28. The van der Waals surface area contributed by atoms with Gasteiger partial charge in [0.1, 0.15) is 29.1 Å². The molecule has 2 amide bonds. The number of carboxylic acid groups (broad SMARTS) is 1. The molecule has 5 heterocycles. The Bertz CT molecular complexity index is 1390. The molecule has 0 aromatic carbocycles. The fraction of sp³-hybridized carbons (Fsp3) is 0.200. The van der Waals surface area contributed by atoms with E-state index in [1.807, 2.05) is 12.1 Å². The van der Waals surface area contributed by atoms with Crippen LogP contribution in [0.5, 0.6) is 0 Å². The van der Waals surface area contributed by atoms with Gasteiger partial charge in [0.2, 0.25) is 0 Å². The number of fused-ring (bicyclic) bond motifs is 2. The summed E-state index contributed by atoms with van der Waals surface area (Å²) in [6.07, 6.45) is 4.34. The van der Waals surface area contributed by atoms with Crippen molar-refractivity contribution in [2.24, 2.45) is 5.16 Å². The van der Waals surface area contributed by atoms with Gasteiger partial charge in [-0.1, -0.05) is 5.16 Å². The average molecular weight is 485 g/mol. The van der Waals surface area contributed by atoms with E-state index in [1.54, 1.807) is 23.1 Å². The molecule has 5 rings (SSSR count). The van der Waals surface area contributed by atoms with Crippen molar-refractivity contribution in [3.8, 4) is 0 Å². The largest absolute Gasteiger partial charge is 0.477 e. The highest BCUT2D eigenvalue weighted by Crippen LogP contribution is 2.40. The standard InChI is InChI=1S/C20H16N6O7S/c21-20-22-11(7-33-20)12(24-31)15(27)23-13-16(28)26-14(19(29)30)10(8-34-18(13)26)6-25-4-1-2-9-3-5-32-17(9)25/h1-5,7,13,18H,6,8H2,(H4-,21,22,23,27,29,30,31)/p+1/t13?,18-/m0/s1. The monoisotopic (exact) mass is 485 g/mol. The number of thioether (sulfide) groups is 1. The summed E-state index contributed by atoms with van der Waals surface area (Å²) in [5.41, 5.74) is 5.74. The minimum Gasteiger partial charge on any atom is -0.477 e. The van der Waals surface area contributed by atoms with Gasteiger partial charge in [-0.2, -0.15) is 9.55 Å². The maximum atomic E-state index is 12.9. The summed E-state index contributed by atoms with van der Waals surface area (Å²) >= 11 is 1.31. The van der Waals surface area contributed by atoms with Gasteiger partial charge in [0.05, 0.1) is 11.6 Å². The lowest BCUT2D eigenvalue weighted by molar-refractivity contribution is -0.669. The van der Waals surface area contributed by atoms with Gasteiger partial charge in [-0.3, -0.25) is 14.5 Å². The Labute approximate surface area is 194 Å². The quantitative estimate of drug-likeness (QED) is 0.121. The summed E-state index contributed by atoms with van der Waals surface area (Å²) in [7, 11) is 0. The first-order valence-corrected chi connectivity index (χ1v) is 10.9. The van der Waals surface area contributed by atoms with E-state index in [0.29, 0.717) is 17.0 Å². The molecule has 174 valence electrons. The lowest BCUT2D eigenvalue weighted by Gasteiger charge is -2.49. The predicted octanol–water partition coefficient (Wildman–Crippen LogP) is -0.0924. The number of oxime groups is 1. The minimum atomic E-state index is -1.25. The van der Waals surface area contributed by atoms with Crippen molar-refractivity contribution in [2.45, 2.75) is 18.0 Å². The fourth-order valence-electron chi connectivity index (χ4n) is 3.94. The van der Waals surface area contributed by atoms with Crippen LogP contribution in [0.4, 0.5) is 6.01 Å². The predicted molar refractivity (Wildman–Crippen MR) is 115 cm³/mol. The zero-order valence-electron chi connectivity index (χ0n) is 17.2. The molecule has 14 heteroatoms. The number of hydrogen-bond donors (Lipinski definition) is 4. The molecule has 2 aliphatic rings. The van der Waals surface area contributed by atoms with Gasteiger partial charge in [0, 0.05) is 17.4 Å². The Balaban J connectivity index is 1.37. The molecule has 13 nitrogen and oxygen atoms in total. The van der Waals surface area contributed by atoms with Gasteiger partial charge >= 0.3 is 11.7 Å². The Morgan fingerprint density at radius 1 is 1.38 bits per heavy atom. The highest BCUT2D eigenvalue weighted by Gasteiger charge is 2.55. The van der Waals surface area contributed by atoms with Crippen LogP contribution in [0.15, 0.2) is 62.2 Å². The molecule has 3 aromatic heterocycles. The SMILES string of the molecule is Nc1nc(C(=NO)C(=O)NC2C(=O)N3C(C(=O)O)=C(C[n+]4cccc5ccoc54)CS[C@@H]23)co1. The topological polar surface area (TPSA) is 188 Å². The van der Waals surface area contributed by atoms with Crippen LogP contribution in [0.1, 0.15) is 5.69 Å². The number of rotatable bonds is 6. The summed E-state index contributed by atoms with van der Waals surface area (Å²) in [5, 5.41) is 24.7. The molecule has 0 saturated carbocycles. The van der Waals surface area contributed by atoms with E-state index in [0.717, 1.165) is 16.5 Å². The van der Waals surface area contributed by atoms with Gasteiger partial charge in [0.15, 0.2) is 18.5 Å². The Morgan fingerprint density at radius 3 is 2.91 bits per heavy atom. The Kier molecular flexibility index (Phi) is 5.20. The third kappa shape index (κ3) is 3.44. The minimum absolute atomic E-state index is 0.116. The molecule has 2 aliphatic heterocycles. The Morgan fingerprint density at radius 2 is 2.21 bits per heavy atom. The smallest absolute Gasteiger partial charge is 0.380 e. The number of carbonyl (C=O) groups excluding carboxylic acids is 2. The number of pyridine rings is 1. The van der Waals surface area contributed by atoms with Crippen LogP contribution in [-0.2, 0) is 20.9 Å². The number of furan rings is 1. The van der Waals surface area contributed by atoms with E-state index in [-0.39, 0.29) is 24.0 Å². The summed E-state index contributed by atoms with van der Waals surface area (Å²) in [6.45, 7) is 0.210. The molecule has 0 aliphatic carbocycles. The van der Waals surface area contributed by atoms with E-state index in [2.05, 4.69) is 15.5 Å². The van der Waals surface area contributed by atoms with Crippen molar-refractivity contribution < 1.29 is 38.1 Å². The number of nitrogens with two attached hydrogens (primary N) is 1. The van der Waals surface area contributed by atoms with Crippen LogP contribution in [0.3, 0.4) is 0 Å². The van der Waals surface area contributed by atoms with Crippen LogP contribution >= 0.6 is 11.8 Å². The van der Waals surface area contributed by atoms with Crippen LogP contribution in [0.2, 0.25) is 0 Å². The third-order valence-corrected chi connectivity index (χ3v) is 6.79. The lowest BCUT2D eigenvalue weighted by atomic mass is 10.0. The molecular weight excluding hydrogens is 468 g/mol. The number of carboxylic acids is 1.